The number of unbranched alkanes of at least 4 members (excludes halogenated alkanes) is 1. The van der Waals surface area contributed by atoms with Crippen molar-refractivity contribution < 1.29 is 14.6 Å². The summed E-state index contributed by atoms with van der Waals surface area (Å²) in [7, 11) is 3.47. The van der Waals surface area contributed by atoms with Crippen LogP contribution in [0.2, 0.25) is 0 Å². The smallest absolute Gasteiger partial charge is 0.119 e. The zero-order valence-electron chi connectivity index (χ0n) is 19.9. The summed E-state index contributed by atoms with van der Waals surface area (Å²) in [6.07, 6.45) is 7.70. The molecule has 3 aromatic rings. The summed E-state index contributed by atoms with van der Waals surface area (Å²) < 4.78 is 10.9. The normalized spacial score (nSPS) is 17.4. The molecule has 0 spiro atoms. The maximum Gasteiger partial charge on any atom is 0.119 e. The first kappa shape index (κ1) is 23.4. The number of aryl methyl sites for hydroxylation is 2. The molecule has 1 aliphatic carbocycles. The molecule has 0 heterocycles. The van der Waals surface area contributed by atoms with Gasteiger partial charge in [-0.2, -0.15) is 0 Å². The van der Waals surface area contributed by atoms with Gasteiger partial charge in [-0.25, -0.2) is 0 Å². The van der Waals surface area contributed by atoms with E-state index in [9.17, 15) is 0 Å². The van der Waals surface area contributed by atoms with Crippen LogP contribution in [0.1, 0.15) is 65.3 Å². The Hall–Kier alpha value is -2.78. The number of hydrogen-bond donors (Lipinski definition) is 1. The fraction of sp³-hybridized carbons (Fsp3) is 0.400. The van der Waals surface area contributed by atoms with Crippen LogP contribution in [0.15, 0.2) is 66.7 Å². The molecule has 33 heavy (non-hydrogen) atoms. The van der Waals surface area contributed by atoms with Gasteiger partial charge in [-0.15, -0.1) is 0 Å². The molecule has 0 aliphatic heterocycles. The van der Waals surface area contributed by atoms with Crippen molar-refractivity contribution in [2.75, 3.05) is 20.8 Å². The zero-order chi connectivity index (χ0) is 23.0. The molecule has 174 valence electrons. The van der Waals surface area contributed by atoms with Gasteiger partial charge in [0, 0.05) is 6.61 Å². The van der Waals surface area contributed by atoms with Gasteiger partial charge in [0.05, 0.1) is 14.2 Å². The lowest BCUT2D eigenvalue weighted by molar-refractivity contribution is 0.299. The minimum atomic E-state index is 0.212. The van der Waals surface area contributed by atoms with Crippen molar-refractivity contribution in [3.63, 3.8) is 0 Å². The third-order valence-electron chi connectivity index (χ3n) is 7.16. The van der Waals surface area contributed by atoms with Crippen molar-refractivity contribution in [2.45, 2.75) is 56.8 Å². The Morgan fingerprint density at radius 1 is 0.788 bits per heavy atom. The molecule has 3 nitrogen and oxygen atoms in total. The van der Waals surface area contributed by atoms with E-state index < -0.39 is 0 Å². The second kappa shape index (κ2) is 11.4. The Morgan fingerprint density at radius 2 is 1.45 bits per heavy atom. The van der Waals surface area contributed by atoms with E-state index in [1.54, 1.807) is 14.2 Å². The van der Waals surface area contributed by atoms with Gasteiger partial charge < -0.3 is 14.6 Å². The molecule has 0 fully saturated rings. The van der Waals surface area contributed by atoms with Gasteiger partial charge in [0.15, 0.2) is 0 Å². The van der Waals surface area contributed by atoms with Crippen molar-refractivity contribution in [1.29, 1.82) is 0 Å². The first-order valence-electron chi connectivity index (χ1n) is 12.2. The van der Waals surface area contributed by atoms with E-state index in [0.29, 0.717) is 11.8 Å². The molecule has 3 heteroatoms. The van der Waals surface area contributed by atoms with Crippen LogP contribution < -0.4 is 9.47 Å². The summed E-state index contributed by atoms with van der Waals surface area (Å²) in [6, 6.07) is 24.1. The maximum absolute atomic E-state index is 9.10. The second-order valence-electron chi connectivity index (χ2n) is 9.13. The van der Waals surface area contributed by atoms with Crippen molar-refractivity contribution in [3.05, 3.63) is 94.5 Å². The molecule has 0 bridgehead atoms. The minimum Gasteiger partial charge on any atom is -0.497 e. The third kappa shape index (κ3) is 5.78. The highest BCUT2D eigenvalue weighted by atomic mass is 16.5. The summed E-state index contributed by atoms with van der Waals surface area (Å²) in [5.74, 6) is 2.94. The lowest BCUT2D eigenvalue weighted by atomic mass is 9.70. The molecule has 0 aromatic heterocycles. The second-order valence-corrected chi connectivity index (χ2v) is 9.13. The van der Waals surface area contributed by atoms with Gasteiger partial charge in [-0.05, 0) is 102 Å². The molecule has 2 atom stereocenters. The predicted molar refractivity (Wildman–Crippen MR) is 135 cm³/mol. The number of hydrogen-bond acceptors (Lipinski definition) is 3. The van der Waals surface area contributed by atoms with Crippen LogP contribution in [0.5, 0.6) is 11.5 Å². The van der Waals surface area contributed by atoms with Crippen LogP contribution in [0.3, 0.4) is 0 Å². The average molecular weight is 445 g/mol. The topological polar surface area (TPSA) is 38.7 Å². The Kier molecular flexibility index (Phi) is 8.06. The van der Waals surface area contributed by atoms with E-state index in [1.165, 1.54) is 53.5 Å². The standard InChI is InChI=1S/C30H36O3/c1-32-26-14-11-24(12-15-26)28-17-13-25-21-27(33-2)16-18-29(25)30(28)6-4-3-5-22-7-9-23(10-8-22)19-20-31/h7-12,14-16,18,21,28,30-31H,3-6,13,17,19-20H2,1-2H3. The Bertz CT molecular complexity index is 1010. The number of benzene rings is 3. The van der Waals surface area contributed by atoms with Crippen molar-refractivity contribution >= 4 is 0 Å². The van der Waals surface area contributed by atoms with Crippen molar-refractivity contribution in [1.82, 2.24) is 0 Å². The zero-order valence-corrected chi connectivity index (χ0v) is 19.9. The molecule has 4 rings (SSSR count). The van der Waals surface area contributed by atoms with Crippen LogP contribution in [0.4, 0.5) is 0 Å². The van der Waals surface area contributed by atoms with Gasteiger partial charge in [0.25, 0.3) is 0 Å². The lowest BCUT2D eigenvalue weighted by Crippen LogP contribution is -2.19. The monoisotopic (exact) mass is 444 g/mol. The molecule has 1 aliphatic rings. The number of ether oxygens (including phenoxy) is 2. The van der Waals surface area contributed by atoms with E-state index in [1.807, 2.05) is 0 Å². The molecule has 0 saturated heterocycles. The quantitative estimate of drug-likeness (QED) is 0.365. The summed E-state index contributed by atoms with van der Waals surface area (Å²) in [5.41, 5.74) is 6.96. The number of aliphatic hydroxyl groups excluding tert-OH is 1. The van der Waals surface area contributed by atoms with Crippen LogP contribution in [0.25, 0.3) is 0 Å². The maximum atomic E-state index is 9.10. The lowest BCUT2D eigenvalue weighted by Gasteiger charge is -2.34. The molecule has 0 saturated carbocycles. The number of aliphatic hydroxyl groups is 1. The summed E-state index contributed by atoms with van der Waals surface area (Å²) >= 11 is 0. The molecule has 3 aromatic carbocycles. The fourth-order valence-electron chi connectivity index (χ4n) is 5.32. The minimum absolute atomic E-state index is 0.212. The molecule has 0 amide bonds. The third-order valence-corrected chi connectivity index (χ3v) is 7.16. The molecular weight excluding hydrogens is 408 g/mol. The summed E-state index contributed by atoms with van der Waals surface area (Å²) in [5, 5.41) is 9.10. The fourth-order valence-corrected chi connectivity index (χ4v) is 5.32. The molecular formula is C30H36O3. The van der Waals surface area contributed by atoms with Crippen molar-refractivity contribution in [2.24, 2.45) is 0 Å². The van der Waals surface area contributed by atoms with E-state index in [2.05, 4.69) is 66.7 Å². The van der Waals surface area contributed by atoms with E-state index in [-0.39, 0.29) is 6.61 Å². The largest absolute Gasteiger partial charge is 0.497 e. The van der Waals surface area contributed by atoms with Gasteiger partial charge in [0.2, 0.25) is 0 Å². The van der Waals surface area contributed by atoms with Crippen LogP contribution in [0, 0.1) is 0 Å². The van der Waals surface area contributed by atoms with Crippen LogP contribution in [-0.4, -0.2) is 25.9 Å². The van der Waals surface area contributed by atoms with E-state index in [0.717, 1.165) is 30.8 Å². The SMILES string of the molecule is COc1ccc(C2CCc3cc(OC)ccc3C2CCCCc2ccc(CCO)cc2)cc1. The highest BCUT2D eigenvalue weighted by Gasteiger charge is 2.30. The van der Waals surface area contributed by atoms with E-state index >= 15 is 0 Å². The molecule has 1 N–H and O–H groups in total. The first-order chi connectivity index (χ1) is 16.2. The number of rotatable bonds is 10. The average Bonchev–Trinajstić information content (AvgIpc) is 2.87. The van der Waals surface area contributed by atoms with Gasteiger partial charge >= 0.3 is 0 Å². The predicted octanol–water partition coefficient (Wildman–Crippen LogP) is 6.47. The Labute approximate surface area is 198 Å². The summed E-state index contributed by atoms with van der Waals surface area (Å²) in [4.78, 5) is 0. The van der Waals surface area contributed by atoms with Gasteiger partial charge in [-0.1, -0.05) is 48.9 Å². The number of fused-ring (bicyclic) bond motifs is 1. The Balaban J connectivity index is 1.46. The van der Waals surface area contributed by atoms with Crippen molar-refractivity contribution in [3.8, 4) is 11.5 Å². The summed E-state index contributed by atoms with van der Waals surface area (Å²) in [6.45, 7) is 0.212. The van der Waals surface area contributed by atoms with Crippen LogP contribution in [-0.2, 0) is 19.3 Å². The highest BCUT2D eigenvalue weighted by molar-refractivity contribution is 5.43. The highest BCUT2D eigenvalue weighted by Crippen LogP contribution is 2.46. The molecule has 2 unspecified atom stereocenters. The molecule has 0 radical (unpaired) electrons. The number of methoxy groups -OCH3 is 2. The van der Waals surface area contributed by atoms with E-state index in [4.69, 9.17) is 14.6 Å². The Morgan fingerprint density at radius 3 is 2.12 bits per heavy atom. The van der Waals surface area contributed by atoms with Crippen LogP contribution >= 0.6 is 0 Å². The van der Waals surface area contributed by atoms with Gasteiger partial charge in [-0.3, -0.25) is 0 Å². The first-order valence-corrected chi connectivity index (χ1v) is 12.2. The van der Waals surface area contributed by atoms with Gasteiger partial charge in [0.1, 0.15) is 11.5 Å².